The molecule has 1 amide bonds. The van der Waals surface area contributed by atoms with Gasteiger partial charge in [0, 0.05) is 18.7 Å². The summed E-state index contributed by atoms with van der Waals surface area (Å²) in [6, 6.07) is 8.54. The standard InChI is InChI=1S/C20H20F6N2O2/c1-2-17(29)27-11-13-6-8-16(9-7-13)28-12-18(30,20(24,25)26)14-4-3-5-15(10-14)19(21,22)23/h3-10,28,30H,2,11-12H2,1H3,(H,27,29)/t18-/m0/s1. The van der Waals surface area contributed by atoms with Gasteiger partial charge in [0.15, 0.2) is 0 Å². The molecule has 10 heteroatoms. The van der Waals surface area contributed by atoms with Gasteiger partial charge in [0.05, 0.1) is 12.1 Å². The third-order valence-corrected chi connectivity index (χ3v) is 4.45. The number of rotatable bonds is 7. The number of anilines is 1. The summed E-state index contributed by atoms with van der Waals surface area (Å²) in [4.78, 5) is 11.3. The third-order valence-electron chi connectivity index (χ3n) is 4.45. The van der Waals surface area contributed by atoms with Crippen molar-refractivity contribution in [3.8, 4) is 0 Å². The van der Waals surface area contributed by atoms with Crippen LogP contribution in [0.4, 0.5) is 32.0 Å². The molecular weight excluding hydrogens is 414 g/mol. The Morgan fingerprint density at radius 1 is 0.967 bits per heavy atom. The minimum absolute atomic E-state index is 0.159. The van der Waals surface area contributed by atoms with E-state index in [0.29, 0.717) is 18.1 Å². The van der Waals surface area contributed by atoms with E-state index in [1.165, 1.54) is 12.1 Å². The normalized spacial score (nSPS) is 14.1. The highest BCUT2D eigenvalue weighted by atomic mass is 19.4. The van der Waals surface area contributed by atoms with Crippen LogP contribution in [0.15, 0.2) is 48.5 Å². The van der Waals surface area contributed by atoms with E-state index >= 15 is 0 Å². The molecular formula is C20H20F6N2O2. The van der Waals surface area contributed by atoms with Crippen molar-refractivity contribution in [3.63, 3.8) is 0 Å². The molecule has 30 heavy (non-hydrogen) atoms. The molecule has 2 aromatic carbocycles. The van der Waals surface area contributed by atoms with Crippen LogP contribution in [0.2, 0.25) is 0 Å². The summed E-state index contributed by atoms with van der Waals surface area (Å²) in [6.07, 6.45) is -9.77. The zero-order valence-corrected chi connectivity index (χ0v) is 15.9. The number of hydrogen-bond donors (Lipinski definition) is 3. The van der Waals surface area contributed by atoms with E-state index in [1.54, 1.807) is 19.1 Å². The number of benzene rings is 2. The van der Waals surface area contributed by atoms with Crippen LogP contribution >= 0.6 is 0 Å². The van der Waals surface area contributed by atoms with Gasteiger partial charge in [0.1, 0.15) is 0 Å². The highest BCUT2D eigenvalue weighted by Gasteiger charge is 2.55. The van der Waals surface area contributed by atoms with E-state index < -0.39 is 35.6 Å². The Hall–Kier alpha value is -2.75. The van der Waals surface area contributed by atoms with Crippen LogP contribution in [0.5, 0.6) is 0 Å². The van der Waals surface area contributed by atoms with Gasteiger partial charge in [-0.1, -0.05) is 31.2 Å². The molecule has 2 aromatic rings. The Bertz CT molecular complexity index is 865. The molecule has 0 aliphatic carbocycles. The zero-order valence-electron chi connectivity index (χ0n) is 15.9. The maximum atomic E-state index is 13.6. The molecule has 0 radical (unpaired) electrons. The van der Waals surface area contributed by atoms with Crippen molar-refractivity contribution in [2.24, 2.45) is 0 Å². The van der Waals surface area contributed by atoms with Crippen LogP contribution in [0.3, 0.4) is 0 Å². The fourth-order valence-electron chi connectivity index (χ4n) is 2.61. The van der Waals surface area contributed by atoms with Crippen molar-refractivity contribution in [1.29, 1.82) is 0 Å². The van der Waals surface area contributed by atoms with Gasteiger partial charge >= 0.3 is 12.4 Å². The van der Waals surface area contributed by atoms with Crippen molar-refractivity contribution in [2.45, 2.75) is 37.8 Å². The number of carbonyl (C=O) groups is 1. The van der Waals surface area contributed by atoms with Crippen molar-refractivity contribution in [2.75, 3.05) is 11.9 Å². The van der Waals surface area contributed by atoms with E-state index in [-0.39, 0.29) is 24.2 Å². The van der Waals surface area contributed by atoms with Crippen molar-refractivity contribution in [1.82, 2.24) is 5.32 Å². The van der Waals surface area contributed by atoms with Crippen molar-refractivity contribution < 1.29 is 36.2 Å². The molecule has 0 saturated carbocycles. The predicted molar refractivity (Wildman–Crippen MR) is 98.5 cm³/mol. The molecule has 164 valence electrons. The fraction of sp³-hybridized carbons (Fsp3) is 0.350. The number of alkyl halides is 6. The Morgan fingerprint density at radius 2 is 1.57 bits per heavy atom. The third kappa shape index (κ3) is 5.65. The number of nitrogens with one attached hydrogen (secondary N) is 2. The molecule has 0 bridgehead atoms. The lowest BCUT2D eigenvalue weighted by atomic mass is 9.91. The first-order valence-corrected chi connectivity index (χ1v) is 8.93. The van der Waals surface area contributed by atoms with E-state index in [9.17, 15) is 36.2 Å². The molecule has 0 fully saturated rings. The molecule has 0 heterocycles. The first-order chi connectivity index (χ1) is 13.9. The van der Waals surface area contributed by atoms with Crippen LogP contribution < -0.4 is 10.6 Å². The number of amides is 1. The second-order valence-electron chi connectivity index (χ2n) is 6.62. The molecule has 0 unspecified atom stereocenters. The molecule has 0 spiro atoms. The lowest BCUT2D eigenvalue weighted by Crippen LogP contribution is -2.47. The number of carbonyl (C=O) groups excluding carboxylic acids is 1. The Balaban J connectivity index is 2.19. The summed E-state index contributed by atoms with van der Waals surface area (Å²) < 4.78 is 79.4. The van der Waals surface area contributed by atoms with E-state index in [1.807, 2.05) is 0 Å². The molecule has 0 aliphatic rings. The van der Waals surface area contributed by atoms with Crippen LogP contribution in [-0.4, -0.2) is 23.7 Å². The summed E-state index contributed by atoms with van der Waals surface area (Å²) in [5, 5.41) is 15.4. The van der Waals surface area contributed by atoms with E-state index in [0.717, 1.165) is 12.1 Å². The molecule has 3 N–H and O–H groups in total. The SMILES string of the molecule is CCC(=O)NCc1ccc(NC[C@](O)(c2cccc(C(F)(F)F)c2)C(F)(F)F)cc1. The van der Waals surface area contributed by atoms with Crippen LogP contribution in [0.1, 0.15) is 30.0 Å². The summed E-state index contributed by atoms with van der Waals surface area (Å²) in [6.45, 7) is 0.835. The van der Waals surface area contributed by atoms with E-state index in [4.69, 9.17) is 0 Å². The van der Waals surface area contributed by atoms with Gasteiger partial charge in [-0.3, -0.25) is 4.79 Å². The Labute approximate surface area is 168 Å². The zero-order chi connectivity index (χ0) is 22.6. The Morgan fingerprint density at radius 3 is 2.10 bits per heavy atom. The largest absolute Gasteiger partial charge is 0.423 e. The van der Waals surface area contributed by atoms with Gasteiger partial charge in [-0.25, -0.2) is 0 Å². The fourth-order valence-corrected chi connectivity index (χ4v) is 2.61. The minimum atomic E-state index is -5.23. The number of aliphatic hydroxyl groups is 1. The maximum Gasteiger partial charge on any atom is 0.423 e. The highest BCUT2D eigenvalue weighted by Crippen LogP contribution is 2.41. The average molecular weight is 434 g/mol. The molecule has 0 aromatic heterocycles. The molecule has 4 nitrogen and oxygen atoms in total. The van der Waals surface area contributed by atoms with Crippen molar-refractivity contribution >= 4 is 11.6 Å². The summed E-state index contributed by atoms with van der Waals surface area (Å²) in [5.74, 6) is -0.159. The van der Waals surface area contributed by atoms with Crippen molar-refractivity contribution in [3.05, 3.63) is 65.2 Å². The molecule has 0 aliphatic heterocycles. The monoisotopic (exact) mass is 434 g/mol. The number of halogens is 6. The smallest absolute Gasteiger partial charge is 0.381 e. The maximum absolute atomic E-state index is 13.6. The predicted octanol–water partition coefficient (Wildman–Crippen LogP) is 4.59. The average Bonchev–Trinajstić information content (AvgIpc) is 2.69. The van der Waals surface area contributed by atoms with E-state index in [2.05, 4.69) is 10.6 Å². The molecule has 2 rings (SSSR count). The van der Waals surface area contributed by atoms with Gasteiger partial charge in [-0.15, -0.1) is 0 Å². The van der Waals surface area contributed by atoms with Crippen LogP contribution in [-0.2, 0) is 23.1 Å². The topological polar surface area (TPSA) is 61.4 Å². The van der Waals surface area contributed by atoms with Gasteiger partial charge in [-0.2, -0.15) is 26.3 Å². The summed E-state index contributed by atoms with van der Waals surface area (Å²) in [5.41, 5.74) is -4.83. The van der Waals surface area contributed by atoms with Crippen LogP contribution in [0, 0.1) is 0 Å². The first kappa shape index (κ1) is 23.5. The van der Waals surface area contributed by atoms with Gasteiger partial charge in [0.2, 0.25) is 11.5 Å². The first-order valence-electron chi connectivity index (χ1n) is 8.93. The summed E-state index contributed by atoms with van der Waals surface area (Å²) in [7, 11) is 0. The van der Waals surface area contributed by atoms with Gasteiger partial charge in [-0.05, 0) is 35.4 Å². The quantitative estimate of drug-likeness (QED) is 0.559. The number of hydrogen-bond acceptors (Lipinski definition) is 3. The second-order valence-corrected chi connectivity index (χ2v) is 6.62. The lowest BCUT2D eigenvalue weighted by Gasteiger charge is -2.32. The minimum Gasteiger partial charge on any atom is -0.381 e. The van der Waals surface area contributed by atoms with Gasteiger partial charge < -0.3 is 15.7 Å². The second kappa shape index (κ2) is 8.95. The molecule has 0 saturated heterocycles. The summed E-state index contributed by atoms with van der Waals surface area (Å²) >= 11 is 0. The van der Waals surface area contributed by atoms with Crippen LogP contribution in [0.25, 0.3) is 0 Å². The molecule has 1 atom stereocenters. The lowest BCUT2D eigenvalue weighted by molar-refractivity contribution is -0.260. The van der Waals surface area contributed by atoms with Gasteiger partial charge in [0.25, 0.3) is 0 Å². The Kier molecular flexibility index (Phi) is 7.02. The highest BCUT2D eigenvalue weighted by molar-refractivity contribution is 5.75.